The Balaban J connectivity index is 1.31. The van der Waals surface area contributed by atoms with Gasteiger partial charge in [-0.25, -0.2) is 4.39 Å². The number of rotatable bonds is 4. The van der Waals surface area contributed by atoms with E-state index in [0.717, 1.165) is 29.6 Å². The zero-order valence-corrected chi connectivity index (χ0v) is 17.7. The first kappa shape index (κ1) is 19.7. The van der Waals surface area contributed by atoms with Crippen LogP contribution in [0.25, 0.3) is 0 Å². The molecule has 3 saturated carbocycles. The second-order valence-corrected chi connectivity index (χ2v) is 10.3. The van der Waals surface area contributed by atoms with Crippen LogP contribution in [0.15, 0.2) is 18.2 Å². The number of halogens is 2. The van der Waals surface area contributed by atoms with Crippen LogP contribution < -0.4 is 0 Å². The number of benzene rings is 1. The first-order valence-corrected chi connectivity index (χ1v) is 12.0. The Kier molecular flexibility index (Phi) is 6.47. The average molecular weight is 391 g/mol. The molecular formula is C25H36ClF. The summed E-state index contributed by atoms with van der Waals surface area (Å²) >= 11 is 5.87. The molecule has 0 aliphatic heterocycles. The van der Waals surface area contributed by atoms with Crippen LogP contribution in [0.2, 0.25) is 5.02 Å². The van der Waals surface area contributed by atoms with E-state index < -0.39 is 0 Å². The van der Waals surface area contributed by atoms with Gasteiger partial charge in [-0.2, -0.15) is 0 Å². The Morgan fingerprint density at radius 2 is 1.48 bits per heavy atom. The minimum Gasteiger partial charge on any atom is -0.205 e. The van der Waals surface area contributed by atoms with Gasteiger partial charge in [-0.1, -0.05) is 50.3 Å². The maximum absolute atomic E-state index is 13.9. The molecule has 3 aliphatic rings. The van der Waals surface area contributed by atoms with Crippen LogP contribution in [0.4, 0.5) is 4.39 Å². The molecule has 150 valence electrons. The average Bonchev–Trinajstić information content (AvgIpc) is 2.70. The fourth-order valence-corrected chi connectivity index (χ4v) is 6.90. The van der Waals surface area contributed by atoms with Gasteiger partial charge in [-0.05, 0) is 105 Å². The van der Waals surface area contributed by atoms with Gasteiger partial charge in [0.15, 0.2) is 0 Å². The molecule has 4 atom stereocenters. The van der Waals surface area contributed by atoms with E-state index in [1.807, 2.05) is 0 Å². The van der Waals surface area contributed by atoms with Gasteiger partial charge < -0.3 is 0 Å². The van der Waals surface area contributed by atoms with Gasteiger partial charge in [-0.15, -0.1) is 0 Å². The van der Waals surface area contributed by atoms with Crippen LogP contribution in [0.5, 0.6) is 0 Å². The molecule has 0 amide bonds. The Morgan fingerprint density at radius 3 is 2.19 bits per heavy atom. The SMILES string of the molecule is CCC[C@H]1CC[C@H]([C@@H]2CC[C@@H]3C[C@H](c4ccc(Cl)c(F)c4)CC[C@@H]3C2)CC1. The topological polar surface area (TPSA) is 0 Å². The molecule has 0 nitrogen and oxygen atoms in total. The van der Waals surface area contributed by atoms with Crippen LogP contribution in [0.3, 0.4) is 0 Å². The number of hydrogen-bond acceptors (Lipinski definition) is 0. The predicted molar refractivity (Wildman–Crippen MR) is 113 cm³/mol. The largest absolute Gasteiger partial charge is 0.205 e. The van der Waals surface area contributed by atoms with Crippen molar-refractivity contribution < 1.29 is 4.39 Å². The van der Waals surface area contributed by atoms with E-state index >= 15 is 0 Å². The summed E-state index contributed by atoms with van der Waals surface area (Å²) in [4.78, 5) is 0. The summed E-state index contributed by atoms with van der Waals surface area (Å²) in [5, 5.41) is 0.251. The van der Waals surface area contributed by atoms with Crippen LogP contribution in [-0.2, 0) is 0 Å². The number of hydrogen-bond donors (Lipinski definition) is 0. The highest BCUT2D eigenvalue weighted by Crippen LogP contribution is 2.51. The summed E-state index contributed by atoms with van der Waals surface area (Å²) < 4.78 is 13.9. The molecule has 0 unspecified atom stereocenters. The smallest absolute Gasteiger partial charge is 0.142 e. The van der Waals surface area contributed by atoms with E-state index in [0.29, 0.717) is 5.92 Å². The van der Waals surface area contributed by atoms with Gasteiger partial charge in [0.25, 0.3) is 0 Å². The lowest BCUT2D eigenvalue weighted by molar-refractivity contribution is 0.0711. The van der Waals surface area contributed by atoms with Crippen molar-refractivity contribution in [3.63, 3.8) is 0 Å². The highest BCUT2D eigenvalue weighted by molar-refractivity contribution is 6.30. The van der Waals surface area contributed by atoms with Crippen molar-refractivity contribution in [3.05, 3.63) is 34.6 Å². The van der Waals surface area contributed by atoms with Crippen molar-refractivity contribution in [2.45, 2.75) is 89.9 Å². The lowest BCUT2D eigenvalue weighted by Gasteiger charge is -2.45. The van der Waals surface area contributed by atoms with Gasteiger partial charge in [0, 0.05) is 0 Å². The summed E-state index contributed by atoms with van der Waals surface area (Å²) in [5.41, 5.74) is 1.17. The van der Waals surface area contributed by atoms with Crippen LogP contribution in [0.1, 0.15) is 95.5 Å². The minimum atomic E-state index is -0.251. The van der Waals surface area contributed by atoms with Gasteiger partial charge in [-0.3, -0.25) is 0 Å². The molecule has 0 heterocycles. The van der Waals surface area contributed by atoms with E-state index in [2.05, 4.69) is 13.0 Å². The van der Waals surface area contributed by atoms with Gasteiger partial charge in [0.1, 0.15) is 5.82 Å². The zero-order chi connectivity index (χ0) is 18.8. The molecule has 1 aromatic carbocycles. The molecular weight excluding hydrogens is 355 g/mol. The molecule has 2 heteroatoms. The predicted octanol–water partition coefficient (Wildman–Crippen LogP) is 8.39. The van der Waals surface area contributed by atoms with Crippen molar-refractivity contribution in [2.75, 3.05) is 0 Å². The van der Waals surface area contributed by atoms with E-state index in [1.54, 1.807) is 12.1 Å². The molecule has 0 aromatic heterocycles. The van der Waals surface area contributed by atoms with Gasteiger partial charge >= 0.3 is 0 Å². The summed E-state index contributed by atoms with van der Waals surface area (Å²) in [5.74, 6) is 5.14. The molecule has 0 bridgehead atoms. The number of fused-ring (bicyclic) bond motifs is 1. The van der Waals surface area contributed by atoms with Crippen molar-refractivity contribution >= 4 is 11.6 Å². The molecule has 0 radical (unpaired) electrons. The standard InChI is InChI=1S/C25H36ClF/c1-2-3-17-4-6-18(7-5-17)19-8-9-21-15-22(11-10-20(21)14-19)23-12-13-24(26)25(27)16-23/h12-13,16-22H,2-11,14-15H2,1H3/t17-,18-,19-,20-,21-,22-/m1/s1. The fraction of sp³-hybridized carbons (Fsp3) is 0.760. The van der Waals surface area contributed by atoms with Crippen molar-refractivity contribution in [1.82, 2.24) is 0 Å². The molecule has 3 aliphatic carbocycles. The van der Waals surface area contributed by atoms with Crippen molar-refractivity contribution in [2.24, 2.45) is 29.6 Å². The zero-order valence-electron chi connectivity index (χ0n) is 16.9. The summed E-state index contributed by atoms with van der Waals surface area (Å²) in [6.07, 6.45) is 17.0. The van der Waals surface area contributed by atoms with E-state index in [4.69, 9.17) is 11.6 Å². The first-order chi connectivity index (χ1) is 13.1. The molecule has 0 spiro atoms. The van der Waals surface area contributed by atoms with Crippen LogP contribution >= 0.6 is 11.6 Å². The first-order valence-electron chi connectivity index (χ1n) is 11.6. The van der Waals surface area contributed by atoms with Crippen LogP contribution in [-0.4, -0.2) is 0 Å². The molecule has 0 saturated heterocycles. The Bertz CT molecular complexity index is 619. The third-order valence-electron chi connectivity index (χ3n) is 8.32. The van der Waals surface area contributed by atoms with E-state index in [-0.39, 0.29) is 10.8 Å². The minimum absolute atomic E-state index is 0.251. The maximum atomic E-state index is 13.9. The Labute approximate surface area is 170 Å². The maximum Gasteiger partial charge on any atom is 0.142 e. The Morgan fingerprint density at radius 1 is 0.852 bits per heavy atom. The van der Waals surface area contributed by atoms with Crippen LogP contribution in [0, 0.1) is 35.4 Å². The highest BCUT2D eigenvalue weighted by atomic mass is 35.5. The second-order valence-electron chi connectivity index (χ2n) is 9.85. The summed E-state index contributed by atoms with van der Waals surface area (Å²) in [7, 11) is 0. The lowest BCUT2D eigenvalue weighted by atomic mass is 9.60. The fourth-order valence-electron chi connectivity index (χ4n) is 6.78. The van der Waals surface area contributed by atoms with Gasteiger partial charge in [0.05, 0.1) is 5.02 Å². The van der Waals surface area contributed by atoms with Crippen molar-refractivity contribution in [3.8, 4) is 0 Å². The normalized spacial score (nSPS) is 37.0. The molecule has 4 rings (SSSR count). The molecule has 1 aromatic rings. The second kappa shape index (κ2) is 8.85. The quantitative estimate of drug-likeness (QED) is 0.484. The molecule has 3 fully saturated rings. The highest BCUT2D eigenvalue weighted by Gasteiger charge is 2.39. The van der Waals surface area contributed by atoms with Gasteiger partial charge in [0.2, 0.25) is 0 Å². The monoisotopic (exact) mass is 390 g/mol. The summed E-state index contributed by atoms with van der Waals surface area (Å²) in [6, 6.07) is 5.48. The summed E-state index contributed by atoms with van der Waals surface area (Å²) in [6.45, 7) is 2.34. The molecule has 0 N–H and O–H groups in total. The lowest BCUT2D eigenvalue weighted by Crippen LogP contribution is -2.34. The van der Waals surface area contributed by atoms with E-state index in [9.17, 15) is 4.39 Å². The van der Waals surface area contributed by atoms with Crippen molar-refractivity contribution in [1.29, 1.82) is 0 Å². The Hall–Kier alpha value is -0.560. The molecule has 27 heavy (non-hydrogen) atoms. The van der Waals surface area contributed by atoms with E-state index in [1.165, 1.54) is 82.6 Å². The third kappa shape index (κ3) is 4.55. The third-order valence-corrected chi connectivity index (χ3v) is 8.63.